The van der Waals surface area contributed by atoms with Crippen molar-refractivity contribution >= 4 is 6.09 Å². The van der Waals surface area contributed by atoms with Gasteiger partial charge in [-0.1, -0.05) is 12.8 Å². The SMILES string of the molecule is CC(C)(C)OC(=O)NCCN(CCF)C1CCCC1. The highest BCUT2D eigenvalue weighted by molar-refractivity contribution is 5.67. The van der Waals surface area contributed by atoms with Crippen molar-refractivity contribution in [2.45, 2.75) is 58.1 Å². The molecule has 0 atom stereocenters. The normalized spacial score (nSPS) is 16.9. The number of nitrogens with zero attached hydrogens (tertiary/aromatic N) is 1. The monoisotopic (exact) mass is 274 g/mol. The summed E-state index contributed by atoms with van der Waals surface area (Å²) in [6, 6.07) is 0.483. The largest absolute Gasteiger partial charge is 0.444 e. The molecule has 0 heterocycles. The van der Waals surface area contributed by atoms with Crippen LogP contribution in [0.25, 0.3) is 0 Å². The molecule has 1 saturated carbocycles. The van der Waals surface area contributed by atoms with Gasteiger partial charge in [-0.25, -0.2) is 9.18 Å². The van der Waals surface area contributed by atoms with Gasteiger partial charge in [-0.05, 0) is 33.6 Å². The van der Waals surface area contributed by atoms with E-state index in [0.717, 1.165) is 12.8 Å². The Morgan fingerprint density at radius 3 is 2.47 bits per heavy atom. The Labute approximate surface area is 115 Å². The Morgan fingerprint density at radius 2 is 1.95 bits per heavy atom. The molecule has 0 bridgehead atoms. The van der Waals surface area contributed by atoms with Crippen LogP contribution in [0.4, 0.5) is 9.18 Å². The zero-order valence-electron chi connectivity index (χ0n) is 12.4. The van der Waals surface area contributed by atoms with Gasteiger partial charge in [0.25, 0.3) is 0 Å². The van der Waals surface area contributed by atoms with Crippen LogP contribution in [0.3, 0.4) is 0 Å². The Hall–Kier alpha value is -0.840. The third kappa shape index (κ3) is 6.76. The van der Waals surface area contributed by atoms with Crippen molar-refractivity contribution in [2.24, 2.45) is 0 Å². The second kappa shape index (κ2) is 7.68. The first kappa shape index (κ1) is 16.2. The first-order chi connectivity index (χ1) is 8.92. The number of nitrogens with one attached hydrogen (secondary N) is 1. The number of halogens is 1. The van der Waals surface area contributed by atoms with Crippen molar-refractivity contribution in [1.29, 1.82) is 0 Å². The lowest BCUT2D eigenvalue weighted by Crippen LogP contribution is -2.42. The van der Waals surface area contributed by atoms with Crippen LogP contribution < -0.4 is 5.32 Å². The summed E-state index contributed by atoms with van der Waals surface area (Å²) in [5.41, 5.74) is -0.478. The van der Waals surface area contributed by atoms with Crippen molar-refractivity contribution in [3.8, 4) is 0 Å². The van der Waals surface area contributed by atoms with Crippen LogP contribution in [0.1, 0.15) is 46.5 Å². The molecule has 0 aromatic carbocycles. The Kier molecular flexibility index (Phi) is 6.55. The molecule has 1 fully saturated rings. The molecule has 112 valence electrons. The van der Waals surface area contributed by atoms with Gasteiger partial charge in [-0.15, -0.1) is 0 Å². The summed E-state index contributed by atoms with van der Waals surface area (Å²) in [5.74, 6) is 0. The van der Waals surface area contributed by atoms with Crippen molar-refractivity contribution in [3.63, 3.8) is 0 Å². The molecule has 0 aliphatic heterocycles. The van der Waals surface area contributed by atoms with Crippen LogP contribution in [-0.4, -0.2) is 48.9 Å². The molecule has 5 heteroatoms. The van der Waals surface area contributed by atoms with E-state index >= 15 is 0 Å². The minimum Gasteiger partial charge on any atom is -0.444 e. The van der Waals surface area contributed by atoms with E-state index in [9.17, 15) is 9.18 Å². The lowest BCUT2D eigenvalue weighted by atomic mass is 10.2. The first-order valence-corrected chi connectivity index (χ1v) is 7.19. The van der Waals surface area contributed by atoms with E-state index in [1.807, 2.05) is 20.8 Å². The molecular formula is C14H27FN2O2. The minimum absolute atomic E-state index is 0.330. The average Bonchev–Trinajstić information content (AvgIpc) is 2.78. The fourth-order valence-electron chi connectivity index (χ4n) is 2.47. The van der Waals surface area contributed by atoms with Gasteiger partial charge in [0, 0.05) is 25.7 Å². The zero-order chi connectivity index (χ0) is 14.3. The molecule has 0 radical (unpaired) electrons. The number of hydrogen-bond acceptors (Lipinski definition) is 3. The van der Waals surface area contributed by atoms with Gasteiger partial charge in [0.2, 0.25) is 0 Å². The summed E-state index contributed by atoms with van der Waals surface area (Å²) in [4.78, 5) is 13.6. The lowest BCUT2D eigenvalue weighted by Gasteiger charge is -2.28. The molecule has 1 rings (SSSR count). The van der Waals surface area contributed by atoms with Crippen molar-refractivity contribution in [1.82, 2.24) is 10.2 Å². The van der Waals surface area contributed by atoms with Crippen molar-refractivity contribution < 1.29 is 13.9 Å². The molecule has 1 aliphatic carbocycles. The van der Waals surface area contributed by atoms with E-state index in [0.29, 0.717) is 25.7 Å². The third-order valence-corrected chi connectivity index (χ3v) is 3.28. The zero-order valence-corrected chi connectivity index (χ0v) is 12.4. The van der Waals surface area contributed by atoms with E-state index in [1.165, 1.54) is 12.8 Å². The number of carbonyl (C=O) groups excluding carboxylic acids is 1. The molecular weight excluding hydrogens is 247 g/mol. The summed E-state index contributed by atoms with van der Waals surface area (Å²) in [7, 11) is 0. The fourth-order valence-corrected chi connectivity index (χ4v) is 2.47. The van der Waals surface area contributed by atoms with Gasteiger partial charge >= 0.3 is 6.09 Å². The molecule has 1 aliphatic rings. The topological polar surface area (TPSA) is 41.6 Å². The van der Waals surface area contributed by atoms with E-state index in [-0.39, 0.29) is 6.67 Å². The van der Waals surface area contributed by atoms with Crippen LogP contribution >= 0.6 is 0 Å². The van der Waals surface area contributed by atoms with Crippen molar-refractivity contribution in [2.75, 3.05) is 26.3 Å². The maximum absolute atomic E-state index is 12.6. The van der Waals surface area contributed by atoms with E-state index in [1.54, 1.807) is 0 Å². The van der Waals surface area contributed by atoms with Crippen LogP contribution in [0.5, 0.6) is 0 Å². The quantitative estimate of drug-likeness (QED) is 0.809. The van der Waals surface area contributed by atoms with Crippen molar-refractivity contribution in [3.05, 3.63) is 0 Å². The van der Waals surface area contributed by atoms with Gasteiger partial charge in [-0.2, -0.15) is 0 Å². The van der Waals surface area contributed by atoms with Gasteiger partial charge in [-0.3, -0.25) is 4.90 Å². The Balaban J connectivity index is 2.26. The molecule has 4 nitrogen and oxygen atoms in total. The minimum atomic E-state index is -0.478. The summed E-state index contributed by atoms with van der Waals surface area (Å²) in [6.45, 7) is 6.82. The van der Waals surface area contributed by atoms with Gasteiger partial charge in [0.1, 0.15) is 12.3 Å². The third-order valence-electron chi connectivity index (χ3n) is 3.28. The van der Waals surface area contributed by atoms with E-state index < -0.39 is 11.7 Å². The van der Waals surface area contributed by atoms with Gasteiger partial charge < -0.3 is 10.1 Å². The molecule has 1 N–H and O–H groups in total. The number of carbonyl (C=O) groups is 1. The van der Waals surface area contributed by atoms with Crippen LogP contribution in [0, 0.1) is 0 Å². The maximum atomic E-state index is 12.6. The molecule has 0 spiro atoms. The van der Waals surface area contributed by atoms with Crippen LogP contribution in [0.2, 0.25) is 0 Å². The first-order valence-electron chi connectivity index (χ1n) is 7.19. The van der Waals surface area contributed by atoms with Crippen LogP contribution in [0.15, 0.2) is 0 Å². The van der Waals surface area contributed by atoms with Gasteiger partial charge in [0.15, 0.2) is 0 Å². The van der Waals surface area contributed by atoms with E-state index in [2.05, 4.69) is 10.2 Å². The van der Waals surface area contributed by atoms with Gasteiger partial charge in [0.05, 0.1) is 0 Å². The van der Waals surface area contributed by atoms with Crippen LogP contribution in [-0.2, 0) is 4.74 Å². The number of alkyl halides is 1. The fraction of sp³-hybridized carbons (Fsp3) is 0.929. The second-order valence-corrected chi connectivity index (χ2v) is 6.09. The molecule has 1 amide bonds. The predicted molar refractivity (Wildman–Crippen MR) is 74.0 cm³/mol. The number of hydrogen-bond donors (Lipinski definition) is 1. The smallest absolute Gasteiger partial charge is 0.407 e. The summed E-state index contributed by atoms with van der Waals surface area (Å²) >= 11 is 0. The summed E-state index contributed by atoms with van der Waals surface area (Å²) in [5, 5.41) is 2.73. The number of alkyl carbamates (subject to hydrolysis) is 1. The highest BCUT2D eigenvalue weighted by atomic mass is 19.1. The highest BCUT2D eigenvalue weighted by Crippen LogP contribution is 2.22. The maximum Gasteiger partial charge on any atom is 0.407 e. The second-order valence-electron chi connectivity index (χ2n) is 6.09. The lowest BCUT2D eigenvalue weighted by molar-refractivity contribution is 0.0517. The predicted octanol–water partition coefficient (Wildman–Crippen LogP) is 2.73. The van der Waals surface area contributed by atoms with E-state index in [4.69, 9.17) is 4.74 Å². The number of ether oxygens (including phenoxy) is 1. The Morgan fingerprint density at radius 1 is 1.32 bits per heavy atom. The standard InChI is InChI=1S/C14H27FN2O2/c1-14(2,3)19-13(18)16-9-11-17(10-8-15)12-6-4-5-7-12/h12H,4-11H2,1-3H3,(H,16,18). The summed E-state index contributed by atoms with van der Waals surface area (Å²) < 4.78 is 17.7. The highest BCUT2D eigenvalue weighted by Gasteiger charge is 2.22. The Bertz CT molecular complexity index is 273. The molecule has 0 aromatic heterocycles. The molecule has 0 aromatic rings. The number of amides is 1. The molecule has 0 saturated heterocycles. The summed E-state index contributed by atoms with van der Waals surface area (Å²) in [6.07, 6.45) is 4.35. The molecule has 0 unspecified atom stereocenters. The molecule has 19 heavy (non-hydrogen) atoms. The average molecular weight is 274 g/mol. The number of rotatable bonds is 6.